The van der Waals surface area contributed by atoms with E-state index in [0.29, 0.717) is 23.5 Å². The fourth-order valence-electron chi connectivity index (χ4n) is 3.71. The highest BCUT2D eigenvalue weighted by Gasteiger charge is 2.36. The fraction of sp³-hybridized carbons (Fsp3) is 0.381. The Morgan fingerprint density at radius 1 is 1.27 bits per heavy atom. The molecular formula is C21H22N4O5. The number of furan rings is 1. The van der Waals surface area contributed by atoms with Gasteiger partial charge in [0.05, 0.1) is 16.9 Å². The molecule has 156 valence electrons. The lowest BCUT2D eigenvalue weighted by molar-refractivity contribution is -0.384. The van der Waals surface area contributed by atoms with Crippen LogP contribution in [0.3, 0.4) is 0 Å². The average Bonchev–Trinajstić information content (AvgIpc) is 3.36. The molecule has 0 spiro atoms. The van der Waals surface area contributed by atoms with E-state index in [2.05, 4.69) is 5.10 Å². The third kappa shape index (κ3) is 3.83. The van der Waals surface area contributed by atoms with Crippen LogP contribution in [0, 0.1) is 16.0 Å². The van der Waals surface area contributed by atoms with Crippen LogP contribution in [0.1, 0.15) is 43.0 Å². The van der Waals surface area contributed by atoms with Gasteiger partial charge in [0.2, 0.25) is 5.91 Å². The highest BCUT2D eigenvalue weighted by molar-refractivity contribution is 6.03. The molecule has 1 saturated carbocycles. The third-order valence-corrected chi connectivity index (χ3v) is 5.65. The topological polar surface area (TPSA) is 109 Å². The summed E-state index contributed by atoms with van der Waals surface area (Å²) in [5.74, 6) is 0.296. The second-order valence-corrected chi connectivity index (χ2v) is 7.65. The predicted molar refractivity (Wildman–Crippen MR) is 108 cm³/mol. The van der Waals surface area contributed by atoms with Crippen LogP contribution in [0.2, 0.25) is 0 Å². The Labute approximate surface area is 173 Å². The minimum atomic E-state index is -0.462. The second-order valence-electron chi connectivity index (χ2n) is 7.65. The second kappa shape index (κ2) is 8.10. The molecule has 0 saturated heterocycles. The highest BCUT2D eigenvalue weighted by Crippen LogP contribution is 2.34. The van der Waals surface area contributed by atoms with Gasteiger partial charge >= 0.3 is 0 Å². The van der Waals surface area contributed by atoms with Gasteiger partial charge in [-0.3, -0.25) is 19.7 Å². The smallest absolute Gasteiger partial charge is 0.269 e. The number of benzene rings is 1. The van der Waals surface area contributed by atoms with Crippen molar-refractivity contribution < 1.29 is 18.9 Å². The van der Waals surface area contributed by atoms with Gasteiger partial charge in [-0.1, -0.05) is 6.42 Å². The first-order valence-corrected chi connectivity index (χ1v) is 9.87. The van der Waals surface area contributed by atoms with Gasteiger partial charge in [0.15, 0.2) is 0 Å². The Kier molecular flexibility index (Phi) is 5.35. The number of likely N-dealkylation sites (N-methyl/N-ethyl adjacent to an activating group) is 1. The van der Waals surface area contributed by atoms with Gasteiger partial charge in [0.25, 0.3) is 11.6 Å². The van der Waals surface area contributed by atoms with Gasteiger partial charge in [-0.05, 0) is 42.7 Å². The van der Waals surface area contributed by atoms with Crippen molar-refractivity contribution >= 4 is 23.2 Å². The predicted octanol–water partition coefficient (Wildman–Crippen LogP) is 3.12. The lowest BCUT2D eigenvalue weighted by atomic mass is 9.84. The molecule has 0 radical (unpaired) electrons. The number of nitro groups is 1. The van der Waals surface area contributed by atoms with Crippen LogP contribution in [-0.4, -0.2) is 46.0 Å². The summed E-state index contributed by atoms with van der Waals surface area (Å²) in [6.45, 7) is -0.0659. The summed E-state index contributed by atoms with van der Waals surface area (Å²) >= 11 is 0. The minimum absolute atomic E-state index is 0.0102. The minimum Gasteiger partial charge on any atom is -0.467 e. The first-order chi connectivity index (χ1) is 14.4. The van der Waals surface area contributed by atoms with Crippen molar-refractivity contribution in [2.45, 2.75) is 31.7 Å². The first-order valence-electron chi connectivity index (χ1n) is 9.87. The molecule has 0 N–H and O–H groups in total. The lowest BCUT2D eigenvalue weighted by Gasteiger charge is -2.30. The van der Waals surface area contributed by atoms with Gasteiger partial charge in [0.1, 0.15) is 18.3 Å². The summed E-state index contributed by atoms with van der Waals surface area (Å²) < 4.78 is 5.51. The number of nitrogens with zero attached hydrogens (tertiary/aromatic N) is 4. The zero-order chi connectivity index (χ0) is 21.3. The molecule has 30 heavy (non-hydrogen) atoms. The molecule has 9 heteroatoms. The molecule has 1 aromatic heterocycles. The summed E-state index contributed by atoms with van der Waals surface area (Å²) in [7, 11) is 1.64. The maximum Gasteiger partial charge on any atom is 0.269 e. The Balaban J connectivity index is 1.54. The molecule has 2 aromatic rings. The fourth-order valence-corrected chi connectivity index (χ4v) is 3.71. The molecule has 1 aliphatic carbocycles. The monoisotopic (exact) mass is 410 g/mol. The number of nitro benzene ring substituents is 1. The third-order valence-electron chi connectivity index (χ3n) is 5.65. The van der Waals surface area contributed by atoms with Crippen LogP contribution in [0.25, 0.3) is 0 Å². The number of non-ortho nitro benzene ring substituents is 1. The number of amides is 2. The highest BCUT2D eigenvalue weighted by atomic mass is 16.6. The molecule has 2 heterocycles. The Morgan fingerprint density at radius 2 is 2.00 bits per heavy atom. The van der Waals surface area contributed by atoms with Crippen molar-refractivity contribution in [3.63, 3.8) is 0 Å². The molecule has 1 atom stereocenters. The number of carbonyl (C=O) groups is 2. The lowest BCUT2D eigenvalue weighted by Crippen LogP contribution is -2.42. The molecule has 4 rings (SSSR count). The number of hydrogen-bond acceptors (Lipinski definition) is 6. The number of carbonyl (C=O) groups excluding carboxylic acids is 2. The number of rotatable bonds is 6. The van der Waals surface area contributed by atoms with E-state index in [9.17, 15) is 19.7 Å². The van der Waals surface area contributed by atoms with E-state index in [-0.39, 0.29) is 30.0 Å². The van der Waals surface area contributed by atoms with Crippen molar-refractivity contribution in [3.05, 3.63) is 64.1 Å². The van der Waals surface area contributed by atoms with Gasteiger partial charge in [-0.25, -0.2) is 5.01 Å². The van der Waals surface area contributed by atoms with Crippen LogP contribution in [-0.2, 0) is 9.59 Å². The van der Waals surface area contributed by atoms with Crippen LogP contribution >= 0.6 is 0 Å². The van der Waals surface area contributed by atoms with Crippen LogP contribution in [0.15, 0.2) is 52.2 Å². The van der Waals surface area contributed by atoms with Crippen molar-refractivity contribution in [2.75, 3.05) is 13.6 Å². The summed E-state index contributed by atoms with van der Waals surface area (Å²) in [6.07, 6.45) is 4.75. The first kappa shape index (κ1) is 19.8. The summed E-state index contributed by atoms with van der Waals surface area (Å²) in [5, 5.41) is 16.7. The molecule has 1 aromatic carbocycles. The Morgan fingerprint density at radius 3 is 2.57 bits per heavy atom. The summed E-state index contributed by atoms with van der Waals surface area (Å²) in [4.78, 5) is 37.3. The molecule has 0 unspecified atom stereocenters. The molecule has 9 nitrogen and oxygen atoms in total. The summed E-state index contributed by atoms with van der Waals surface area (Å²) in [5.41, 5.74) is 1.32. The van der Waals surface area contributed by atoms with Crippen LogP contribution < -0.4 is 0 Å². The number of hydrazone groups is 1. The van der Waals surface area contributed by atoms with E-state index >= 15 is 0 Å². The zero-order valence-corrected chi connectivity index (χ0v) is 16.6. The zero-order valence-electron chi connectivity index (χ0n) is 16.6. The number of hydrogen-bond donors (Lipinski definition) is 0. The van der Waals surface area contributed by atoms with Crippen molar-refractivity contribution in [2.24, 2.45) is 11.0 Å². The maximum atomic E-state index is 13.0. The van der Waals surface area contributed by atoms with Gasteiger partial charge in [-0.2, -0.15) is 5.10 Å². The maximum absolute atomic E-state index is 13.0. The molecule has 2 amide bonds. The van der Waals surface area contributed by atoms with E-state index in [1.54, 1.807) is 31.3 Å². The van der Waals surface area contributed by atoms with Gasteiger partial charge in [0, 0.05) is 31.5 Å². The normalized spacial score (nSPS) is 18.6. The molecular weight excluding hydrogens is 388 g/mol. The van der Waals surface area contributed by atoms with E-state index in [4.69, 9.17) is 4.42 Å². The Bertz CT molecular complexity index is 979. The van der Waals surface area contributed by atoms with Gasteiger partial charge in [-0.15, -0.1) is 0 Å². The molecule has 1 fully saturated rings. The summed E-state index contributed by atoms with van der Waals surface area (Å²) in [6, 6.07) is 9.17. The SMILES string of the molecule is CN(CC(=O)N1N=C(c2ccc([N+](=O)[O-])cc2)C[C@H]1c1ccco1)C(=O)C1CCC1. The molecule has 1 aliphatic heterocycles. The van der Waals surface area contributed by atoms with Crippen LogP contribution in [0.5, 0.6) is 0 Å². The van der Waals surface area contributed by atoms with Crippen molar-refractivity contribution in [1.82, 2.24) is 9.91 Å². The average molecular weight is 410 g/mol. The Hall–Kier alpha value is -3.49. The standard InChI is InChI=1S/C21H22N4O5/c1-23(21(27)15-4-2-5-15)13-20(26)24-18(19-6-3-11-30-19)12-17(22-24)14-7-9-16(10-8-14)25(28)29/h3,6-11,15,18H,2,4-5,12-13H2,1H3/t18-/m0/s1. The van der Waals surface area contributed by atoms with Crippen LogP contribution in [0.4, 0.5) is 5.69 Å². The van der Waals surface area contributed by atoms with E-state index in [1.807, 2.05) is 0 Å². The largest absolute Gasteiger partial charge is 0.467 e. The molecule has 0 bridgehead atoms. The van der Waals surface area contributed by atoms with E-state index in [0.717, 1.165) is 19.3 Å². The van der Waals surface area contributed by atoms with E-state index in [1.165, 1.54) is 28.3 Å². The van der Waals surface area contributed by atoms with Crippen molar-refractivity contribution in [1.29, 1.82) is 0 Å². The van der Waals surface area contributed by atoms with E-state index < -0.39 is 11.0 Å². The molecule has 2 aliphatic rings. The quantitative estimate of drug-likeness (QED) is 0.537. The van der Waals surface area contributed by atoms with Gasteiger partial charge < -0.3 is 9.32 Å². The van der Waals surface area contributed by atoms with Crippen molar-refractivity contribution in [3.8, 4) is 0 Å².